The number of rotatable bonds is 8. The summed E-state index contributed by atoms with van der Waals surface area (Å²) in [5, 5.41) is 12.3. The van der Waals surface area contributed by atoms with Crippen molar-refractivity contribution in [1.29, 1.82) is 5.26 Å². The van der Waals surface area contributed by atoms with E-state index in [4.69, 9.17) is 14.2 Å². The Balaban J connectivity index is 1.84. The fraction of sp³-hybridized carbons (Fsp3) is 0.154. The lowest BCUT2D eigenvalue weighted by Gasteiger charge is -2.14. The molecule has 6 nitrogen and oxygen atoms in total. The van der Waals surface area contributed by atoms with Crippen molar-refractivity contribution < 1.29 is 19.0 Å². The molecule has 168 valence electrons. The van der Waals surface area contributed by atoms with Crippen molar-refractivity contribution in [2.24, 2.45) is 0 Å². The zero-order valence-electron chi connectivity index (χ0n) is 18.5. The molecule has 0 bridgehead atoms. The lowest BCUT2D eigenvalue weighted by molar-refractivity contribution is -0.112. The van der Waals surface area contributed by atoms with Gasteiger partial charge in [0.15, 0.2) is 11.5 Å². The Bertz CT molecular complexity index is 1220. The first-order chi connectivity index (χ1) is 15.9. The topological polar surface area (TPSA) is 80.6 Å². The van der Waals surface area contributed by atoms with Gasteiger partial charge in [-0.3, -0.25) is 4.79 Å². The van der Waals surface area contributed by atoms with Crippen molar-refractivity contribution >= 4 is 33.6 Å². The van der Waals surface area contributed by atoms with Gasteiger partial charge in [0.1, 0.15) is 24.0 Å². The van der Waals surface area contributed by atoms with Crippen LogP contribution in [0.5, 0.6) is 17.2 Å². The van der Waals surface area contributed by atoms with E-state index in [0.29, 0.717) is 39.6 Å². The highest BCUT2D eigenvalue weighted by Crippen LogP contribution is 2.38. The summed E-state index contributed by atoms with van der Waals surface area (Å²) in [6.45, 7) is 2.27. The minimum absolute atomic E-state index is 0.0644. The third-order valence-electron chi connectivity index (χ3n) is 4.76. The predicted octanol–water partition coefficient (Wildman–Crippen LogP) is 5.90. The molecule has 1 N–H and O–H groups in total. The van der Waals surface area contributed by atoms with Gasteiger partial charge in [0.2, 0.25) is 0 Å². The number of methoxy groups -OCH3 is 2. The number of nitriles is 1. The molecule has 3 aromatic carbocycles. The van der Waals surface area contributed by atoms with Crippen LogP contribution in [0.25, 0.3) is 6.08 Å². The SMILES string of the molecule is COc1ccc(C)cc1NC(=O)/C(C#N)=C/c1cc(Br)c(OCc2ccccc2)c(OC)c1. The van der Waals surface area contributed by atoms with Gasteiger partial charge in [-0.1, -0.05) is 36.4 Å². The van der Waals surface area contributed by atoms with Crippen molar-refractivity contribution in [3.8, 4) is 23.3 Å². The van der Waals surface area contributed by atoms with E-state index in [1.54, 1.807) is 24.3 Å². The van der Waals surface area contributed by atoms with E-state index in [1.165, 1.54) is 20.3 Å². The zero-order valence-corrected chi connectivity index (χ0v) is 20.1. The Labute approximate surface area is 201 Å². The van der Waals surface area contributed by atoms with E-state index in [-0.39, 0.29) is 5.57 Å². The third kappa shape index (κ3) is 6.15. The number of nitrogens with zero attached hydrogens (tertiary/aromatic N) is 1. The van der Waals surface area contributed by atoms with Gasteiger partial charge in [0, 0.05) is 0 Å². The molecule has 0 spiro atoms. The molecule has 0 saturated heterocycles. The molecular weight excluding hydrogens is 484 g/mol. The molecular formula is C26H23BrN2O4. The molecule has 0 atom stereocenters. The Morgan fingerprint density at radius 1 is 1.06 bits per heavy atom. The second-order valence-electron chi connectivity index (χ2n) is 7.14. The van der Waals surface area contributed by atoms with Gasteiger partial charge < -0.3 is 19.5 Å². The lowest BCUT2D eigenvalue weighted by Crippen LogP contribution is -2.14. The molecule has 0 radical (unpaired) electrons. The highest BCUT2D eigenvalue weighted by molar-refractivity contribution is 9.10. The van der Waals surface area contributed by atoms with E-state index in [2.05, 4.69) is 21.2 Å². The molecule has 3 aromatic rings. The largest absolute Gasteiger partial charge is 0.495 e. The normalized spacial score (nSPS) is 10.8. The van der Waals surface area contributed by atoms with E-state index < -0.39 is 5.91 Å². The molecule has 0 aliphatic heterocycles. The van der Waals surface area contributed by atoms with Crippen LogP contribution in [0.1, 0.15) is 16.7 Å². The highest BCUT2D eigenvalue weighted by atomic mass is 79.9. The standard InChI is InChI=1S/C26H23BrN2O4/c1-17-9-10-23(31-2)22(11-17)29-26(30)20(15-28)12-19-13-21(27)25(24(14-19)32-3)33-16-18-7-5-4-6-8-18/h4-14H,16H2,1-3H3,(H,29,30)/b20-12+. The van der Waals surface area contributed by atoms with Gasteiger partial charge in [-0.2, -0.15) is 5.26 Å². The summed E-state index contributed by atoms with van der Waals surface area (Å²) < 4.78 is 17.4. The summed E-state index contributed by atoms with van der Waals surface area (Å²) in [5.74, 6) is 0.979. The second kappa shape index (κ2) is 11.2. The minimum atomic E-state index is -0.541. The molecule has 0 aliphatic carbocycles. The fourth-order valence-corrected chi connectivity index (χ4v) is 3.69. The maximum absolute atomic E-state index is 12.8. The molecule has 0 aliphatic rings. The van der Waals surface area contributed by atoms with E-state index in [0.717, 1.165) is 11.1 Å². The molecule has 33 heavy (non-hydrogen) atoms. The van der Waals surface area contributed by atoms with Gasteiger partial charge in [-0.25, -0.2) is 0 Å². The van der Waals surface area contributed by atoms with Gasteiger partial charge in [-0.05, 0) is 69.9 Å². The monoisotopic (exact) mass is 506 g/mol. The molecule has 0 saturated carbocycles. The van der Waals surface area contributed by atoms with Crippen LogP contribution < -0.4 is 19.5 Å². The molecule has 0 aromatic heterocycles. The summed E-state index contributed by atoms with van der Waals surface area (Å²) in [4.78, 5) is 12.8. The smallest absolute Gasteiger partial charge is 0.266 e. The summed E-state index contributed by atoms with van der Waals surface area (Å²) in [7, 11) is 3.05. The number of hydrogen-bond acceptors (Lipinski definition) is 5. The Morgan fingerprint density at radius 3 is 2.45 bits per heavy atom. The van der Waals surface area contributed by atoms with Crippen LogP contribution in [-0.2, 0) is 11.4 Å². The number of hydrogen-bond donors (Lipinski definition) is 1. The molecule has 3 rings (SSSR count). The zero-order chi connectivity index (χ0) is 23.8. The number of nitrogens with one attached hydrogen (secondary N) is 1. The van der Waals surface area contributed by atoms with Crippen LogP contribution in [0.15, 0.2) is 70.7 Å². The number of aryl methyl sites for hydroxylation is 1. The lowest BCUT2D eigenvalue weighted by atomic mass is 10.1. The Kier molecular flexibility index (Phi) is 8.11. The maximum Gasteiger partial charge on any atom is 0.266 e. The van der Waals surface area contributed by atoms with E-state index in [9.17, 15) is 10.1 Å². The number of amides is 1. The van der Waals surface area contributed by atoms with Crippen molar-refractivity contribution in [2.75, 3.05) is 19.5 Å². The number of benzene rings is 3. The van der Waals surface area contributed by atoms with Crippen molar-refractivity contribution in [1.82, 2.24) is 0 Å². The summed E-state index contributed by atoms with van der Waals surface area (Å²) in [6.07, 6.45) is 1.49. The first-order valence-corrected chi connectivity index (χ1v) is 10.9. The van der Waals surface area contributed by atoms with Gasteiger partial charge in [-0.15, -0.1) is 0 Å². The van der Waals surface area contributed by atoms with Crippen molar-refractivity contribution in [3.05, 3.63) is 87.4 Å². The van der Waals surface area contributed by atoms with Crippen molar-refractivity contribution in [2.45, 2.75) is 13.5 Å². The van der Waals surface area contributed by atoms with E-state index in [1.807, 2.05) is 49.4 Å². The van der Waals surface area contributed by atoms with Crippen LogP contribution in [-0.4, -0.2) is 20.1 Å². The van der Waals surface area contributed by atoms with Gasteiger partial charge in [0.05, 0.1) is 24.4 Å². The van der Waals surface area contributed by atoms with Crippen LogP contribution in [0.4, 0.5) is 5.69 Å². The van der Waals surface area contributed by atoms with E-state index >= 15 is 0 Å². The number of carbonyl (C=O) groups is 1. The number of halogens is 1. The van der Waals surface area contributed by atoms with Crippen molar-refractivity contribution in [3.63, 3.8) is 0 Å². The summed E-state index contributed by atoms with van der Waals surface area (Å²) in [6, 6.07) is 20.6. The average Bonchev–Trinajstić information content (AvgIpc) is 2.82. The van der Waals surface area contributed by atoms with Crippen LogP contribution in [0.3, 0.4) is 0 Å². The number of carbonyl (C=O) groups excluding carboxylic acids is 1. The molecule has 0 heterocycles. The molecule has 1 amide bonds. The predicted molar refractivity (Wildman–Crippen MR) is 131 cm³/mol. The van der Waals surface area contributed by atoms with Gasteiger partial charge >= 0.3 is 0 Å². The average molecular weight is 507 g/mol. The third-order valence-corrected chi connectivity index (χ3v) is 5.35. The molecule has 0 unspecified atom stereocenters. The van der Waals surface area contributed by atoms with Gasteiger partial charge in [0.25, 0.3) is 5.91 Å². The first-order valence-electron chi connectivity index (χ1n) is 10.1. The first kappa shape index (κ1) is 23.9. The van der Waals surface area contributed by atoms with Crippen LogP contribution >= 0.6 is 15.9 Å². The summed E-state index contributed by atoms with van der Waals surface area (Å²) >= 11 is 3.51. The highest BCUT2D eigenvalue weighted by Gasteiger charge is 2.15. The summed E-state index contributed by atoms with van der Waals surface area (Å²) in [5.41, 5.74) is 3.00. The second-order valence-corrected chi connectivity index (χ2v) is 7.99. The number of ether oxygens (including phenoxy) is 3. The van der Waals surface area contributed by atoms with Crippen LogP contribution in [0, 0.1) is 18.3 Å². The fourth-order valence-electron chi connectivity index (χ4n) is 3.12. The molecule has 7 heteroatoms. The molecule has 0 fully saturated rings. The Hall–Kier alpha value is -3.76. The Morgan fingerprint density at radius 2 is 1.79 bits per heavy atom. The maximum atomic E-state index is 12.8. The quantitative estimate of drug-likeness (QED) is 0.303. The minimum Gasteiger partial charge on any atom is -0.495 e. The number of anilines is 1. The van der Waals surface area contributed by atoms with Crippen LogP contribution in [0.2, 0.25) is 0 Å².